The molecule has 24 heavy (non-hydrogen) atoms. The van der Waals surface area contributed by atoms with E-state index in [2.05, 4.69) is 5.16 Å². The lowest BCUT2D eigenvalue weighted by Crippen LogP contribution is -2.09. The Morgan fingerprint density at radius 1 is 0.833 bits per heavy atom. The van der Waals surface area contributed by atoms with E-state index >= 15 is 0 Å². The van der Waals surface area contributed by atoms with Crippen LogP contribution in [-0.2, 0) is 6.42 Å². The van der Waals surface area contributed by atoms with Gasteiger partial charge >= 0.3 is 0 Å². The lowest BCUT2D eigenvalue weighted by molar-refractivity contribution is 0.315. The standard InChI is InChI=1S/C18H21NO5/c1-21-13-7-5-12(6-8-13)11-15(19-20)14-9-10-16(22-2)18(24-4)17(14)23-3/h5-10,20H,11H2,1-4H3/b19-15-. The summed E-state index contributed by atoms with van der Waals surface area (Å²) in [5.74, 6) is 2.22. The van der Waals surface area contributed by atoms with Crippen molar-refractivity contribution in [2.75, 3.05) is 28.4 Å². The summed E-state index contributed by atoms with van der Waals surface area (Å²) >= 11 is 0. The second-order valence-electron chi connectivity index (χ2n) is 4.95. The molecule has 2 aromatic rings. The van der Waals surface area contributed by atoms with Crippen LogP contribution in [0, 0.1) is 0 Å². The zero-order valence-electron chi connectivity index (χ0n) is 14.2. The van der Waals surface area contributed by atoms with Crippen molar-refractivity contribution in [2.45, 2.75) is 6.42 Å². The maximum absolute atomic E-state index is 9.49. The SMILES string of the molecule is COc1ccc(C/C(=N/O)c2ccc(OC)c(OC)c2OC)cc1. The molecule has 0 saturated heterocycles. The van der Waals surface area contributed by atoms with Gasteiger partial charge in [-0.2, -0.15) is 0 Å². The number of hydrogen-bond donors (Lipinski definition) is 1. The fourth-order valence-electron chi connectivity index (χ4n) is 2.45. The van der Waals surface area contributed by atoms with Gasteiger partial charge in [0.2, 0.25) is 5.75 Å². The highest BCUT2D eigenvalue weighted by atomic mass is 16.5. The summed E-state index contributed by atoms with van der Waals surface area (Å²) in [7, 11) is 6.23. The molecule has 2 rings (SSSR count). The van der Waals surface area contributed by atoms with Gasteiger partial charge in [0.15, 0.2) is 11.5 Å². The molecule has 0 radical (unpaired) electrons. The Morgan fingerprint density at radius 2 is 1.50 bits per heavy atom. The molecular weight excluding hydrogens is 310 g/mol. The van der Waals surface area contributed by atoms with Gasteiger partial charge in [-0.1, -0.05) is 17.3 Å². The van der Waals surface area contributed by atoms with Gasteiger partial charge in [0, 0.05) is 12.0 Å². The average Bonchev–Trinajstić information content (AvgIpc) is 2.65. The highest BCUT2D eigenvalue weighted by Gasteiger charge is 2.20. The monoisotopic (exact) mass is 331 g/mol. The number of rotatable bonds is 7. The zero-order valence-corrected chi connectivity index (χ0v) is 14.2. The van der Waals surface area contributed by atoms with Crippen LogP contribution in [0.1, 0.15) is 11.1 Å². The van der Waals surface area contributed by atoms with Gasteiger partial charge in [0.05, 0.1) is 34.2 Å². The Bertz CT molecular complexity index is 710. The lowest BCUT2D eigenvalue weighted by atomic mass is 10.0. The Hall–Kier alpha value is -2.89. The van der Waals surface area contributed by atoms with Crippen LogP contribution in [0.4, 0.5) is 0 Å². The van der Waals surface area contributed by atoms with Crippen LogP contribution in [0.25, 0.3) is 0 Å². The van der Waals surface area contributed by atoms with Crippen LogP contribution in [0.2, 0.25) is 0 Å². The number of benzene rings is 2. The van der Waals surface area contributed by atoms with Gasteiger partial charge < -0.3 is 24.2 Å². The molecule has 6 nitrogen and oxygen atoms in total. The first-order chi connectivity index (χ1) is 11.7. The van der Waals surface area contributed by atoms with Gasteiger partial charge in [0.1, 0.15) is 5.75 Å². The number of ether oxygens (including phenoxy) is 4. The highest BCUT2D eigenvalue weighted by Crippen LogP contribution is 2.40. The van der Waals surface area contributed by atoms with E-state index in [1.165, 1.54) is 14.2 Å². The van der Waals surface area contributed by atoms with E-state index < -0.39 is 0 Å². The normalized spacial score (nSPS) is 11.1. The molecule has 0 amide bonds. The Labute approximate surface area is 141 Å². The van der Waals surface area contributed by atoms with Crippen LogP contribution in [-0.4, -0.2) is 39.4 Å². The van der Waals surface area contributed by atoms with Crippen molar-refractivity contribution in [3.63, 3.8) is 0 Å². The van der Waals surface area contributed by atoms with E-state index in [4.69, 9.17) is 18.9 Å². The number of oxime groups is 1. The minimum absolute atomic E-state index is 0.423. The molecule has 1 N–H and O–H groups in total. The predicted molar refractivity (Wildman–Crippen MR) is 91.1 cm³/mol. The molecule has 0 atom stereocenters. The summed E-state index contributed by atoms with van der Waals surface area (Å²) in [6.07, 6.45) is 0.423. The summed E-state index contributed by atoms with van der Waals surface area (Å²) < 4.78 is 21.2. The van der Waals surface area contributed by atoms with Gasteiger partial charge in [0.25, 0.3) is 0 Å². The average molecular weight is 331 g/mol. The molecule has 0 bridgehead atoms. The molecule has 0 fully saturated rings. The molecule has 2 aromatic carbocycles. The fraction of sp³-hybridized carbons (Fsp3) is 0.278. The van der Waals surface area contributed by atoms with Crippen LogP contribution in [0.3, 0.4) is 0 Å². The molecule has 0 unspecified atom stereocenters. The lowest BCUT2D eigenvalue weighted by Gasteiger charge is -2.16. The van der Waals surface area contributed by atoms with Crippen molar-refractivity contribution < 1.29 is 24.2 Å². The van der Waals surface area contributed by atoms with E-state index in [0.29, 0.717) is 34.9 Å². The summed E-state index contributed by atoms with van der Waals surface area (Å²) in [6.45, 7) is 0. The topological polar surface area (TPSA) is 69.5 Å². The Kier molecular flexibility index (Phi) is 5.89. The molecule has 128 valence electrons. The van der Waals surface area contributed by atoms with E-state index in [1.807, 2.05) is 24.3 Å². The van der Waals surface area contributed by atoms with Crippen molar-refractivity contribution >= 4 is 5.71 Å². The highest BCUT2D eigenvalue weighted by molar-refractivity contribution is 6.04. The van der Waals surface area contributed by atoms with Crippen LogP contribution in [0.15, 0.2) is 41.6 Å². The molecule has 0 aliphatic carbocycles. The molecule has 0 aromatic heterocycles. The summed E-state index contributed by atoms with van der Waals surface area (Å²) in [5, 5.41) is 12.9. The Morgan fingerprint density at radius 3 is 2.00 bits per heavy atom. The third-order valence-electron chi connectivity index (χ3n) is 3.67. The molecule has 6 heteroatoms. The van der Waals surface area contributed by atoms with Crippen LogP contribution < -0.4 is 18.9 Å². The molecule has 0 saturated carbocycles. The smallest absolute Gasteiger partial charge is 0.203 e. The predicted octanol–water partition coefficient (Wildman–Crippen LogP) is 3.14. The summed E-state index contributed by atoms with van der Waals surface area (Å²) in [5.41, 5.74) is 2.06. The van der Waals surface area contributed by atoms with Crippen molar-refractivity contribution in [3.8, 4) is 23.0 Å². The second-order valence-corrected chi connectivity index (χ2v) is 4.95. The summed E-state index contributed by atoms with van der Waals surface area (Å²) in [4.78, 5) is 0. The number of hydrogen-bond acceptors (Lipinski definition) is 6. The third-order valence-corrected chi connectivity index (χ3v) is 3.67. The number of methoxy groups -OCH3 is 4. The summed E-state index contributed by atoms with van der Waals surface area (Å²) in [6, 6.07) is 11.1. The zero-order chi connectivity index (χ0) is 17.5. The van der Waals surface area contributed by atoms with Gasteiger partial charge in [-0.3, -0.25) is 0 Å². The van der Waals surface area contributed by atoms with Crippen LogP contribution in [0.5, 0.6) is 23.0 Å². The van der Waals surface area contributed by atoms with E-state index in [1.54, 1.807) is 26.4 Å². The quantitative estimate of drug-likeness (QED) is 0.479. The second kappa shape index (κ2) is 8.10. The maximum Gasteiger partial charge on any atom is 0.203 e. The van der Waals surface area contributed by atoms with E-state index in [-0.39, 0.29) is 0 Å². The molecular formula is C18H21NO5. The van der Waals surface area contributed by atoms with Crippen LogP contribution >= 0.6 is 0 Å². The largest absolute Gasteiger partial charge is 0.497 e. The Balaban J connectivity index is 2.39. The first kappa shape index (κ1) is 17.5. The van der Waals surface area contributed by atoms with Crippen molar-refractivity contribution in [2.24, 2.45) is 5.16 Å². The van der Waals surface area contributed by atoms with Crippen molar-refractivity contribution in [1.82, 2.24) is 0 Å². The maximum atomic E-state index is 9.49. The minimum atomic E-state index is 0.423. The third kappa shape index (κ3) is 3.53. The molecule has 0 aliphatic heterocycles. The first-order valence-corrected chi connectivity index (χ1v) is 7.31. The molecule has 0 spiro atoms. The van der Waals surface area contributed by atoms with E-state index in [9.17, 15) is 5.21 Å². The molecule has 0 aliphatic rings. The fourth-order valence-corrected chi connectivity index (χ4v) is 2.45. The number of nitrogens with zero attached hydrogens (tertiary/aromatic N) is 1. The van der Waals surface area contributed by atoms with E-state index in [0.717, 1.165) is 11.3 Å². The van der Waals surface area contributed by atoms with Gasteiger partial charge in [-0.25, -0.2) is 0 Å². The van der Waals surface area contributed by atoms with Crippen molar-refractivity contribution in [3.05, 3.63) is 47.5 Å². The minimum Gasteiger partial charge on any atom is -0.497 e. The first-order valence-electron chi connectivity index (χ1n) is 7.31. The van der Waals surface area contributed by atoms with Crippen molar-refractivity contribution in [1.29, 1.82) is 0 Å². The van der Waals surface area contributed by atoms with Gasteiger partial charge in [-0.05, 0) is 29.8 Å². The van der Waals surface area contributed by atoms with Gasteiger partial charge in [-0.15, -0.1) is 0 Å². The molecule has 0 heterocycles.